The molecule has 2 heterocycles. The molecule has 0 saturated carbocycles. The van der Waals surface area contributed by atoms with Gasteiger partial charge in [0.25, 0.3) is 5.91 Å². The van der Waals surface area contributed by atoms with Crippen molar-refractivity contribution in [2.24, 2.45) is 0 Å². The number of nitrogens with zero attached hydrogens (tertiary/aromatic N) is 3. The Morgan fingerprint density at radius 3 is 2.00 bits per heavy atom. The predicted octanol–water partition coefficient (Wildman–Crippen LogP) is 6.08. The minimum Gasteiger partial charge on any atom is -0.418 e. The van der Waals surface area contributed by atoms with Crippen LogP contribution in [0.15, 0.2) is 59.0 Å². The van der Waals surface area contributed by atoms with Gasteiger partial charge in [-0.05, 0) is 36.1 Å². The molecule has 1 atom stereocenters. The maximum atomic E-state index is 14.2. The van der Waals surface area contributed by atoms with Crippen LogP contribution in [0.4, 0.5) is 22.0 Å². The monoisotopic (exact) mass is 485 g/mol. The number of carbonyl (C=O) groups excluding carboxylic acids is 1. The summed E-state index contributed by atoms with van der Waals surface area (Å²) in [5.41, 5.74) is 1.10. The highest BCUT2D eigenvalue weighted by Crippen LogP contribution is 2.35. The van der Waals surface area contributed by atoms with Crippen LogP contribution < -0.4 is 0 Å². The lowest BCUT2D eigenvalue weighted by Gasteiger charge is -2.22. The number of halogens is 5. The molecule has 1 amide bonds. The van der Waals surface area contributed by atoms with Crippen LogP contribution in [0.1, 0.15) is 35.1 Å². The zero-order valence-electron chi connectivity index (χ0n) is 17.9. The molecule has 0 radical (unpaired) electrons. The van der Waals surface area contributed by atoms with Crippen LogP contribution in [0.3, 0.4) is 0 Å². The quantitative estimate of drug-likeness (QED) is 0.200. The minimum absolute atomic E-state index is 0.00172. The van der Waals surface area contributed by atoms with Crippen LogP contribution in [-0.2, 0) is 0 Å². The second-order valence-corrected chi connectivity index (χ2v) is 7.99. The fourth-order valence-corrected chi connectivity index (χ4v) is 4.12. The summed E-state index contributed by atoms with van der Waals surface area (Å²) in [5.74, 6) is -12.2. The van der Waals surface area contributed by atoms with Gasteiger partial charge in [0.2, 0.25) is 17.6 Å². The van der Waals surface area contributed by atoms with Crippen molar-refractivity contribution in [3.8, 4) is 22.6 Å². The first kappa shape index (κ1) is 22.7. The topological polar surface area (TPSA) is 59.2 Å². The van der Waals surface area contributed by atoms with E-state index in [1.807, 2.05) is 42.5 Å². The van der Waals surface area contributed by atoms with Crippen LogP contribution in [0, 0.1) is 29.1 Å². The van der Waals surface area contributed by atoms with Crippen molar-refractivity contribution in [2.45, 2.75) is 18.9 Å². The first-order valence-electron chi connectivity index (χ1n) is 10.7. The van der Waals surface area contributed by atoms with E-state index < -0.39 is 46.6 Å². The second-order valence-electron chi connectivity index (χ2n) is 7.99. The lowest BCUT2D eigenvalue weighted by Crippen LogP contribution is -2.33. The summed E-state index contributed by atoms with van der Waals surface area (Å²) in [5, 5.41) is 7.97. The number of hydrogen-bond donors (Lipinski definition) is 0. The summed E-state index contributed by atoms with van der Waals surface area (Å²) in [6.07, 6.45) is 0.727. The highest BCUT2D eigenvalue weighted by molar-refractivity contribution is 5.95. The number of benzene rings is 3. The summed E-state index contributed by atoms with van der Waals surface area (Å²) in [7, 11) is 0. The van der Waals surface area contributed by atoms with E-state index in [-0.39, 0.29) is 18.3 Å². The number of hydrogen-bond acceptors (Lipinski definition) is 4. The van der Waals surface area contributed by atoms with Gasteiger partial charge in [0.15, 0.2) is 23.3 Å². The Labute approximate surface area is 195 Å². The molecule has 0 bridgehead atoms. The molecule has 10 heteroatoms. The third kappa shape index (κ3) is 3.94. The van der Waals surface area contributed by atoms with E-state index in [0.717, 1.165) is 16.0 Å². The fourth-order valence-electron chi connectivity index (χ4n) is 4.12. The molecular weight excluding hydrogens is 469 g/mol. The largest absolute Gasteiger partial charge is 0.418 e. The molecule has 0 spiro atoms. The Balaban J connectivity index is 1.41. The molecule has 1 fully saturated rings. The zero-order chi connectivity index (χ0) is 24.7. The molecule has 3 aromatic carbocycles. The maximum Gasteiger partial charge on any atom is 0.260 e. The highest BCUT2D eigenvalue weighted by atomic mass is 19.2. The molecule has 5 rings (SSSR count). The Morgan fingerprint density at radius 1 is 0.771 bits per heavy atom. The van der Waals surface area contributed by atoms with Crippen LogP contribution in [0.5, 0.6) is 0 Å². The third-order valence-corrected chi connectivity index (χ3v) is 5.90. The van der Waals surface area contributed by atoms with Gasteiger partial charge < -0.3 is 9.32 Å². The SMILES string of the molecule is O=C(c1c(F)c(F)c(F)c(F)c1F)N1CCCC1c1nnc(-c2ccc(-c3ccccc3)cc2)o1. The van der Waals surface area contributed by atoms with Crippen LogP contribution >= 0.6 is 0 Å². The summed E-state index contributed by atoms with van der Waals surface area (Å²) in [4.78, 5) is 13.8. The number of aromatic nitrogens is 2. The van der Waals surface area contributed by atoms with Gasteiger partial charge in [0.1, 0.15) is 11.6 Å². The predicted molar refractivity (Wildman–Crippen MR) is 114 cm³/mol. The average molecular weight is 485 g/mol. The molecule has 0 N–H and O–H groups in total. The van der Waals surface area contributed by atoms with Gasteiger partial charge in [0.05, 0.1) is 0 Å². The smallest absolute Gasteiger partial charge is 0.260 e. The summed E-state index contributed by atoms with van der Waals surface area (Å²) in [6.45, 7) is 0.0203. The molecule has 1 unspecified atom stereocenters. The number of rotatable bonds is 4. The summed E-state index contributed by atoms with van der Waals surface area (Å²) in [6, 6.07) is 16.2. The molecule has 4 aromatic rings. The fraction of sp³-hybridized carbons (Fsp3) is 0.160. The Morgan fingerprint density at radius 2 is 1.34 bits per heavy atom. The van der Waals surface area contributed by atoms with Crippen molar-refractivity contribution in [3.05, 3.63) is 95.1 Å². The van der Waals surface area contributed by atoms with Gasteiger partial charge in [-0.25, -0.2) is 22.0 Å². The van der Waals surface area contributed by atoms with E-state index in [4.69, 9.17) is 4.42 Å². The number of amides is 1. The van der Waals surface area contributed by atoms with E-state index in [1.54, 1.807) is 12.1 Å². The maximum absolute atomic E-state index is 14.2. The van der Waals surface area contributed by atoms with Crippen molar-refractivity contribution in [3.63, 3.8) is 0 Å². The van der Waals surface area contributed by atoms with Gasteiger partial charge in [-0.1, -0.05) is 42.5 Å². The molecule has 5 nitrogen and oxygen atoms in total. The molecule has 1 aliphatic rings. The molecule has 0 aliphatic carbocycles. The van der Waals surface area contributed by atoms with Crippen molar-refractivity contribution in [1.29, 1.82) is 0 Å². The number of carbonyl (C=O) groups is 1. The van der Waals surface area contributed by atoms with Gasteiger partial charge in [-0.2, -0.15) is 0 Å². The van der Waals surface area contributed by atoms with Crippen molar-refractivity contribution in [1.82, 2.24) is 15.1 Å². The van der Waals surface area contributed by atoms with Gasteiger partial charge in [-0.15, -0.1) is 10.2 Å². The van der Waals surface area contributed by atoms with E-state index >= 15 is 0 Å². The number of likely N-dealkylation sites (tertiary alicyclic amines) is 1. The average Bonchev–Trinajstić information content (AvgIpc) is 3.57. The Hall–Kier alpha value is -4.08. The highest BCUT2D eigenvalue weighted by Gasteiger charge is 2.39. The van der Waals surface area contributed by atoms with Crippen molar-refractivity contribution >= 4 is 5.91 Å². The molecule has 35 heavy (non-hydrogen) atoms. The van der Waals surface area contributed by atoms with Gasteiger partial charge in [-0.3, -0.25) is 4.79 Å². The summed E-state index contributed by atoms with van der Waals surface area (Å²) < 4.78 is 74.8. The Kier molecular flexibility index (Phi) is 5.80. The lowest BCUT2D eigenvalue weighted by molar-refractivity contribution is 0.0702. The van der Waals surface area contributed by atoms with E-state index in [9.17, 15) is 26.7 Å². The van der Waals surface area contributed by atoms with Crippen molar-refractivity contribution in [2.75, 3.05) is 6.54 Å². The van der Waals surface area contributed by atoms with Crippen LogP contribution in [0.2, 0.25) is 0 Å². The molecule has 1 aromatic heterocycles. The third-order valence-electron chi connectivity index (χ3n) is 5.90. The molecule has 178 valence electrons. The normalized spacial score (nSPS) is 15.6. The van der Waals surface area contributed by atoms with E-state index in [1.165, 1.54) is 0 Å². The van der Waals surface area contributed by atoms with Crippen LogP contribution in [-0.4, -0.2) is 27.5 Å². The first-order valence-corrected chi connectivity index (χ1v) is 10.7. The molecule has 1 saturated heterocycles. The second kappa shape index (κ2) is 8.94. The molecular formula is C25H16F5N3O2. The zero-order valence-corrected chi connectivity index (χ0v) is 17.9. The first-order chi connectivity index (χ1) is 16.9. The Bertz CT molecular complexity index is 1380. The minimum atomic E-state index is -2.32. The lowest BCUT2D eigenvalue weighted by atomic mass is 10.0. The van der Waals surface area contributed by atoms with E-state index in [0.29, 0.717) is 18.4 Å². The van der Waals surface area contributed by atoms with Crippen molar-refractivity contribution < 1.29 is 31.2 Å². The van der Waals surface area contributed by atoms with Gasteiger partial charge >= 0.3 is 0 Å². The van der Waals surface area contributed by atoms with Crippen LogP contribution in [0.25, 0.3) is 22.6 Å². The molecule has 1 aliphatic heterocycles. The summed E-state index contributed by atoms with van der Waals surface area (Å²) >= 11 is 0. The van der Waals surface area contributed by atoms with E-state index in [2.05, 4.69) is 10.2 Å². The van der Waals surface area contributed by atoms with Gasteiger partial charge in [0, 0.05) is 12.1 Å². The standard InChI is InChI=1S/C25H16F5N3O2/c26-18-17(19(27)21(29)22(30)20(18)28)25(34)33-12-4-7-16(33)24-32-31-23(35-24)15-10-8-14(9-11-15)13-5-2-1-3-6-13/h1-3,5-6,8-11,16H,4,7,12H2.